The fourth-order valence-corrected chi connectivity index (χ4v) is 2.66. The van der Waals surface area contributed by atoms with Crippen LogP contribution in [-0.2, 0) is 6.42 Å². The summed E-state index contributed by atoms with van der Waals surface area (Å²) in [7, 11) is 0. The number of pyridine rings is 1. The summed E-state index contributed by atoms with van der Waals surface area (Å²) < 4.78 is 1.94. The number of aromatic nitrogens is 3. The highest BCUT2D eigenvalue weighted by molar-refractivity contribution is 5.74. The molecule has 2 amide bonds. The minimum absolute atomic E-state index is 0.0780. The highest BCUT2D eigenvalue weighted by Gasteiger charge is 2.16. The number of nitrogens with zero attached hydrogens (tertiary/aromatic N) is 3. The Labute approximate surface area is 117 Å². The van der Waals surface area contributed by atoms with Gasteiger partial charge in [-0.2, -0.15) is 0 Å². The van der Waals surface area contributed by atoms with Gasteiger partial charge in [0, 0.05) is 25.2 Å². The summed E-state index contributed by atoms with van der Waals surface area (Å²) in [6, 6.07) is 6.06. The second kappa shape index (κ2) is 5.90. The van der Waals surface area contributed by atoms with Crippen molar-refractivity contribution in [1.82, 2.24) is 25.2 Å². The third kappa shape index (κ3) is 2.89. The quantitative estimate of drug-likeness (QED) is 0.887. The lowest BCUT2D eigenvalue weighted by atomic mass is 10.2. The van der Waals surface area contributed by atoms with Gasteiger partial charge < -0.3 is 10.6 Å². The molecule has 3 rings (SSSR count). The van der Waals surface area contributed by atoms with E-state index in [4.69, 9.17) is 0 Å². The van der Waals surface area contributed by atoms with E-state index in [0.717, 1.165) is 24.3 Å². The van der Waals surface area contributed by atoms with Crippen molar-refractivity contribution in [3.05, 3.63) is 30.2 Å². The van der Waals surface area contributed by atoms with Gasteiger partial charge >= 0.3 is 6.03 Å². The molecule has 0 aliphatic heterocycles. The second-order valence-electron chi connectivity index (χ2n) is 5.18. The minimum Gasteiger partial charge on any atom is -0.338 e. The van der Waals surface area contributed by atoms with Gasteiger partial charge in [-0.25, -0.2) is 4.79 Å². The van der Waals surface area contributed by atoms with Gasteiger partial charge in [0.1, 0.15) is 5.82 Å². The SMILES string of the molecule is O=C(NCCc1nnc2ccccn12)NC1CCCC1. The van der Waals surface area contributed by atoms with Crippen molar-refractivity contribution >= 4 is 11.7 Å². The van der Waals surface area contributed by atoms with Gasteiger partial charge in [0.25, 0.3) is 0 Å². The van der Waals surface area contributed by atoms with Gasteiger partial charge in [-0.05, 0) is 25.0 Å². The summed E-state index contributed by atoms with van der Waals surface area (Å²) in [4.78, 5) is 11.7. The van der Waals surface area contributed by atoms with Crippen molar-refractivity contribution in [3.8, 4) is 0 Å². The second-order valence-corrected chi connectivity index (χ2v) is 5.18. The zero-order valence-electron chi connectivity index (χ0n) is 11.4. The Morgan fingerprint density at radius 1 is 1.30 bits per heavy atom. The number of hydrogen-bond acceptors (Lipinski definition) is 3. The summed E-state index contributed by atoms with van der Waals surface area (Å²) in [6.07, 6.45) is 7.24. The molecule has 0 unspecified atom stereocenters. The van der Waals surface area contributed by atoms with Crippen LogP contribution >= 0.6 is 0 Å². The van der Waals surface area contributed by atoms with E-state index in [1.807, 2.05) is 28.8 Å². The van der Waals surface area contributed by atoms with E-state index in [2.05, 4.69) is 20.8 Å². The van der Waals surface area contributed by atoms with Crippen LogP contribution in [0.5, 0.6) is 0 Å². The first-order valence-electron chi connectivity index (χ1n) is 7.16. The molecule has 1 fully saturated rings. The van der Waals surface area contributed by atoms with E-state index in [9.17, 15) is 4.79 Å². The Balaban J connectivity index is 1.48. The number of rotatable bonds is 4. The summed E-state index contributed by atoms with van der Waals surface area (Å²) in [5.74, 6) is 0.863. The maximum absolute atomic E-state index is 11.7. The molecule has 2 aromatic rings. The van der Waals surface area contributed by atoms with E-state index in [0.29, 0.717) is 19.0 Å². The first-order chi connectivity index (χ1) is 9.83. The van der Waals surface area contributed by atoms with Crippen LogP contribution in [0.2, 0.25) is 0 Å². The predicted molar refractivity (Wildman–Crippen MR) is 75.5 cm³/mol. The van der Waals surface area contributed by atoms with Crippen LogP contribution in [-0.4, -0.2) is 33.2 Å². The molecule has 1 aliphatic rings. The Kier molecular flexibility index (Phi) is 3.80. The molecule has 2 heterocycles. The first kappa shape index (κ1) is 12.9. The Morgan fingerprint density at radius 2 is 2.15 bits per heavy atom. The lowest BCUT2D eigenvalue weighted by Gasteiger charge is -2.12. The van der Waals surface area contributed by atoms with Crippen molar-refractivity contribution < 1.29 is 4.79 Å². The van der Waals surface area contributed by atoms with Crippen LogP contribution in [0.1, 0.15) is 31.5 Å². The summed E-state index contributed by atoms with van der Waals surface area (Å²) in [5.41, 5.74) is 0.831. The van der Waals surface area contributed by atoms with Gasteiger partial charge in [0.15, 0.2) is 5.65 Å². The molecule has 0 bridgehead atoms. The molecule has 0 spiro atoms. The lowest BCUT2D eigenvalue weighted by Crippen LogP contribution is -2.41. The fraction of sp³-hybridized carbons (Fsp3) is 0.500. The molecule has 1 saturated carbocycles. The van der Waals surface area contributed by atoms with Crippen LogP contribution in [0.3, 0.4) is 0 Å². The largest absolute Gasteiger partial charge is 0.338 e. The van der Waals surface area contributed by atoms with Gasteiger partial charge in [0.2, 0.25) is 0 Å². The van der Waals surface area contributed by atoms with Gasteiger partial charge in [-0.1, -0.05) is 18.9 Å². The third-order valence-electron chi connectivity index (χ3n) is 3.71. The predicted octanol–water partition coefficient (Wildman–Crippen LogP) is 1.51. The van der Waals surface area contributed by atoms with E-state index in [1.54, 1.807) is 0 Å². The molecule has 0 saturated heterocycles. The molecular formula is C14H19N5O. The maximum atomic E-state index is 11.7. The average Bonchev–Trinajstić information content (AvgIpc) is 3.09. The minimum atomic E-state index is -0.0780. The van der Waals surface area contributed by atoms with Crippen molar-refractivity contribution in [2.24, 2.45) is 0 Å². The van der Waals surface area contributed by atoms with E-state index < -0.39 is 0 Å². The Morgan fingerprint density at radius 3 is 3.00 bits per heavy atom. The van der Waals surface area contributed by atoms with Crippen molar-refractivity contribution in [2.45, 2.75) is 38.1 Å². The number of nitrogens with one attached hydrogen (secondary N) is 2. The monoisotopic (exact) mass is 273 g/mol. The van der Waals surface area contributed by atoms with Crippen molar-refractivity contribution in [1.29, 1.82) is 0 Å². The average molecular weight is 273 g/mol. The molecule has 2 aromatic heterocycles. The molecule has 0 radical (unpaired) electrons. The molecule has 6 nitrogen and oxygen atoms in total. The summed E-state index contributed by atoms with van der Waals surface area (Å²) in [6.45, 7) is 0.564. The first-order valence-corrected chi connectivity index (χ1v) is 7.16. The summed E-state index contributed by atoms with van der Waals surface area (Å²) >= 11 is 0. The van der Waals surface area contributed by atoms with E-state index in [1.165, 1.54) is 12.8 Å². The molecule has 1 aliphatic carbocycles. The van der Waals surface area contributed by atoms with Gasteiger partial charge in [-0.3, -0.25) is 4.40 Å². The third-order valence-corrected chi connectivity index (χ3v) is 3.71. The van der Waals surface area contributed by atoms with E-state index >= 15 is 0 Å². The number of carbonyl (C=O) groups excluding carboxylic acids is 1. The molecule has 6 heteroatoms. The van der Waals surface area contributed by atoms with Crippen molar-refractivity contribution in [3.63, 3.8) is 0 Å². The molecule has 2 N–H and O–H groups in total. The highest BCUT2D eigenvalue weighted by Crippen LogP contribution is 2.17. The zero-order chi connectivity index (χ0) is 13.8. The van der Waals surface area contributed by atoms with Crippen molar-refractivity contribution in [2.75, 3.05) is 6.54 Å². The fourth-order valence-electron chi connectivity index (χ4n) is 2.66. The maximum Gasteiger partial charge on any atom is 0.315 e. The number of hydrogen-bond donors (Lipinski definition) is 2. The van der Waals surface area contributed by atoms with Gasteiger partial charge in [0.05, 0.1) is 0 Å². The topological polar surface area (TPSA) is 71.3 Å². The molecular weight excluding hydrogens is 254 g/mol. The molecule has 20 heavy (non-hydrogen) atoms. The number of amides is 2. The lowest BCUT2D eigenvalue weighted by molar-refractivity contribution is 0.237. The summed E-state index contributed by atoms with van der Waals surface area (Å²) in [5, 5.41) is 14.1. The number of urea groups is 1. The van der Waals surface area contributed by atoms with E-state index in [-0.39, 0.29) is 6.03 Å². The number of fused-ring (bicyclic) bond motifs is 1. The zero-order valence-corrected chi connectivity index (χ0v) is 11.4. The Bertz CT molecular complexity index is 588. The highest BCUT2D eigenvalue weighted by atomic mass is 16.2. The van der Waals surface area contributed by atoms with Crippen LogP contribution in [0.4, 0.5) is 4.79 Å². The van der Waals surface area contributed by atoms with Gasteiger partial charge in [-0.15, -0.1) is 10.2 Å². The standard InChI is InChI=1S/C14H19N5O/c20-14(16-11-5-1-2-6-11)15-9-8-13-18-17-12-7-3-4-10-19(12)13/h3-4,7,10-11H,1-2,5-6,8-9H2,(H2,15,16,20). The van der Waals surface area contributed by atoms with Crippen LogP contribution in [0.15, 0.2) is 24.4 Å². The normalized spacial score (nSPS) is 15.6. The Hall–Kier alpha value is -2.11. The molecule has 0 atom stereocenters. The molecule has 0 aromatic carbocycles. The number of carbonyl (C=O) groups is 1. The van der Waals surface area contributed by atoms with Crippen LogP contribution in [0, 0.1) is 0 Å². The van der Waals surface area contributed by atoms with Crippen LogP contribution < -0.4 is 10.6 Å². The molecule has 106 valence electrons. The van der Waals surface area contributed by atoms with Crippen LogP contribution in [0.25, 0.3) is 5.65 Å². The smallest absolute Gasteiger partial charge is 0.315 e.